The minimum Gasteiger partial charge on any atom is -0.458 e. The molecule has 0 radical (unpaired) electrons. The Morgan fingerprint density at radius 3 is 2.30 bits per heavy atom. The van der Waals surface area contributed by atoms with Crippen LogP contribution in [-0.2, 0) is 14.3 Å². The lowest BCUT2D eigenvalue weighted by molar-refractivity contribution is -0.166. The van der Waals surface area contributed by atoms with Crippen molar-refractivity contribution in [3.05, 3.63) is 0 Å². The van der Waals surface area contributed by atoms with Crippen LogP contribution in [-0.4, -0.2) is 48.6 Å². The summed E-state index contributed by atoms with van der Waals surface area (Å²) in [4.78, 5) is 26.3. The lowest BCUT2D eigenvalue weighted by Crippen LogP contribution is -2.50. The minimum atomic E-state index is -0.539. The minimum absolute atomic E-state index is 0.0214. The molecular formula is C15H28N2O3. The molecule has 1 rings (SSSR count). The monoisotopic (exact) mass is 284 g/mol. The molecule has 5 nitrogen and oxygen atoms in total. The van der Waals surface area contributed by atoms with Crippen molar-refractivity contribution in [1.29, 1.82) is 0 Å². The number of rotatable bonds is 4. The van der Waals surface area contributed by atoms with Gasteiger partial charge in [0, 0.05) is 13.6 Å². The van der Waals surface area contributed by atoms with E-state index in [1.165, 1.54) is 0 Å². The molecule has 1 heterocycles. The fourth-order valence-electron chi connectivity index (χ4n) is 2.53. The molecule has 1 aliphatic heterocycles. The molecule has 5 heteroatoms. The highest BCUT2D eigenvalue weighted by Crippen LogP contribution is 2.20. The van der Waals surface area contributed by atoms with Crippen molar-refractivity contribution in [2.24, 2.45) is 11.8 Å². The summed E-state index contributed by atoms with van der Waals surface area (Å²) in [7, 11) is 1.70. The summed E-state index contributed by atoms with van der Waals surface area (Å²) in [5.74, 6) is -0.300. The molecule has 1 aliphatic rings. The Hall–Kier alpha value is -1.10. The molecule has 1 amide bonds. The van der Waals surface area contributed by atoms with Crippen LogP contribution in [0.25, 0.3) is 0 Å². The molecule has 0 saturated carbocycles. The maximum atomic E-state index is 12.4. The molecular weight excluding hydrogens is 256 g/mol. The van der Waals surface area contributed by atoms with E-state index in [-0.39, 0.29) is 23.7 Å². The SMILES string of the molecule is CC(C)C(C(=O)OC(C)(C)C)N(C)C(=O)[C@H]1CCNC1. The second-order valence-electron chi connectivity index (χ2n) is 6.86. The quantitative estimate of drug-likeness (QED) is 0.793. The standard InChI is InChI=1S/C15H28N2O3/c1-10(2)12(14(19)20-15(3,4)5)17(6)13(18)11-7-8-16-9-11/h10-12,16H,7-9H2,1-6H3/t11-,12?/m0/s1. The van der Waals surface area contributed by atoms with Crippen LogP contribution >= 0.6 is 0 Å². The van der Waals surface area contributed by atoms with Crippen molar-refractivity contribution in [2.75, 3.05) is 20.1 Å². The van der Waals surface area contributed by atoms with Gasteiger partial charge in [-0.25, -0.2) is 4.79 Å². The number of nitrogens with one attached hydrogen (secondary N) is 1. The van der Waals surface area contributed by atoms with Crippen molar-refractivity contribution in [2.45, 2.75) is 52.7 Å². The zero-order chi connectivity index (χ0) is 15.5. The second kappa shape index (κ2) is 6.57. The van der Waals surface area contributed by atoms with Gasteiger partial charge in [0.15, 0.2) is 0 Å². The summed E-state index contributed by atoms with van der Waals surface area (Å²) in [5, 5.41) is 3.18. The van der Waals surface area contributed by atoms with Gasteiger partial charge in [-0.15, -0.1) is 0 Å². The Morgan fingerprint density at radius 2 is 1.90 bits per heavy atom. The van der Waals surface area contributed by atoms with Crippen LogP contribution in [0.2, 0.25) is 0 Å². The van der Waals surface area contributed by atoms with Crippen molar-refractivity contribution < 1.29 is 14.3 Å². The molecule has 0 aliphatic carbocycles. The van der Waals surface area contributed by atoms with Crippen molar-refractivity contribution in [1.82, 2.24) is 10.2 Å². The number of carbonyl (C=O) groups excluding carboxylic acids is 2. The Morgan fingerprint density at radius 1 is 1.30 bits per heavy atom. The summed E-state index contributed by atoms with van der Waals surface area (Å²) >= 11 is 0. The van der Waals surface area contributed by atoms with Crippen molar-refractivity contribution in [3.8, 4) is 0 Å². The molecule has 0 aromatic heterocycles. The molecule has 0 aromatic rings. The van der Waals surface area contributed by atoms with E-state index >= 15 is 0 Å². The molecule has 1 saturated heterocycles. The molecule has 1 unspecified atom stereocenters. The van der Waals surface area contributed by atoms with Crippen LogP contribution in [0.15, 0.2) is 0 Å². The third kappa shape index (κ3) is 4.47. The third-order valence-electron chi connectivity index (χ3n) is 3.45. The normalized spacial score (nSPS) is 20.9. The van der Waals surface area contributed by atoms with Gasteiger partial charge >= 0.3 is 5.97 Å². The van der Waals surface area contributed by atoms with Gasteiger partial charge in [-0.2, -0.15) is 0 Å². The number of ether oxygens (including phenoxy) is 1. The van der Waals surface area contributed by atoms with E-state index in [0.29, 0.717) is 6.54 Å². The highest BCUT2D eigenvalue weighted by atomic mass is 16.6. The number of hydrogen-bond donors (Lipinski definition) is 1. The zero-order valence-electron chi connectivity index (χ0n) is 13.5. The molecule has 0 spiro atoms. The number of likely N-dealkylation sites (N-methyl/N-ethyl adjacent to an activating group) is 1. The van der Waals surface area contributed by atoms with Crippen LogP contribution in [0.4, 0.5) is 0 Å². The fourth-order valence-corrected chi connectivity index (χ4v) is 2.53. The van der Waals surface area contributed by atoms with Gasteiger partial charge in [-0.3, -0.25) is 4.79 Å². The first kappa shape index (κ1) is 17.0. The van der Waals surface area contributed by atoms with Gasteiger partial charge in [-0.05, 0) is 39.7 Å². The van der Waals surface area contributed by atoms with Crippen LogP contribution in [0.3, 0.4) is 0 Å². The first-order valence-corrected chi connectivity index (χ1v) is 7.33. The van der Waals surface area contributed by atoms with Gasteiger partial charge in [0.1, 0.15) is 11.6 Å². The van der Waals surface area contributed by atoms with E-state index in [9.17, 15) is 9.59 Å². The van der Waals surface area contributed by atoms with E-state index in [4.69, 9.17) is 4.74 Å². The van der Waals surface area contributed by atoms with Gasteiger partial charge in [0.2, 0.25) is 5.91 Å². The highest BCUT2D eigenvalue weighted by molar-refractivity contribution is 5.86. The summed E-state index contributed by atoms with van der Waals surface area (Å²) in [6.45, 7) is 10.9. The van der Waals surface area contributed by atoms with E-state index < -0.39 is 11.6 Å². The fraction of sp³-hybridized carbons (Fsp3) is 0.867. The van der Waals surface area contributed by atoms with Crippen molar-refractivity contribution in [3.63, 3.8) is 0 Å². The van der Waals surface area contributed by atoms with Crippen LogP contribution in [0.5, 0.6) is 0 Å². The molecule has 1 fully saturated rings. The smallest absolute Gasteiger partial charge is 0.329 e. The number of nitrogens with zero attached hydrogens (tertiary/aromatic N) is 1. The number of hydrogen-bond acceptors (Lipinski definition) is 4. The van der Waals surface area contributed by atoms with E-state index in [2.05, 4.69) is 5.32 Å². The molecule has 2 atom stereocenters. The number of carbonyl (C=O) groups is 2. The topological polar surface area (TPSA) is 58.6 Å². The van der Waals surface area contributed by atoms with Crippen LogP contribution in [0, 0.1) is 11.8 Å². The third-order valence-corrected chi connectivity index (χ3v) is 3.45. The van der Waals surface area contributed by atoms with Crippen molar-refractivity contribution >= 4 is 11.9 Å². The van der Waals surface area contributed by atoms with Gasteiger partial charge in [0.05, 0.1) is 5.92 Å². The van der Waals surface area contributed by atoms with Gasteiger partial charge in [-0.1, -0.05) is 13.8 Å². The van der Waals surface area contributed by atoms with E-state index in [0.717, 1.165) is 13.0 Å². The van der Waals surface area contributed by atoms with Gasteiger partial charge < -0.3 is 15.0 Å². The maximum absolute atomic E-state index is 12.4. The summed E-state index contributed by atoms with van der Waals surface area (Å²) in [5.41, 5.74) is -0.539. The average molecular weight is 284 g/mol. The molecule has 0 bridgehead atoms. The maximum Gasteiger partial charge on any atom is 0.329 e. The lowest BCUT2D eigenvalue weighted by Gasteiger charge is -2.33. The van der Waals surface area contributed by atoms with E-state index in [1.54, 1.807) is 11.9 Å². The Bertz CT molecular complexity index is 355. The zero-order valence-corrected chi connectivity index (χ0v) is 13.5. The largest absolute Gasteiger partial charge is 0.458 e. The van der Waals surface area contributed by atoms with Crippen LogP contribution in [0.1, 0.15) is 41.0 Å². The molecule has 1 N–H and O–H groups in total. The van der Waals surface area contributed by atoms with Gasteiger partial charge in [0.25, 0.3) is 0 Å². The Kier molecular flexibility index (Phi) is 5.57. The molecule has 0 aromatic carbocycles. The molecule has 20 heavy (non-hydrogen) atoms. The average Bonchev–Trinajstić information content (AvgIpc) is 2.77. The predicted octanol–water partition coefficient (Wildman–Crippen LogP) is 1.42. The second-order valence-corrected chi connectivity index (χ2v) is 6.86. The highest BCUT2D eigenvalue weighted by Gasteiger charge is 2.36. The first-order chi connectivity index (χ1) is 9.13. The summed E-state index contributed by atoms with van der Waals surface area (Å²) in [6.07, 6.45) is 0.836. The number of esters is 1. The lowest BCUT2D eigenvalue weighted by atomic mass is 9.99. The Balaban J connectivity index is 2.79. The van der Waals surface area contributed by atoms with E-state index in [1.807, 2.05) is 34.6 Å². The number of amides is 1. The summed E-state index contributed by atoms with van der Waals surface area (Å²) < 4.78 is 5.45. The first-order valence-electron chi connectivity index (χ1n) is 7.33. The summed E-state index contributed by atoms with van der Waals surface area (Å²) in [6, 6.07) is -0.526. The predicted molar refractivity (Wildman–Crippen MR) is 78.2 cm³/mol. The van der Waals surface area contributed by atoms with Crippen LogP contribution < -0.4 is 5.32 Å². The Labute approximate surface area is 122 Å². The molecule has 116 valence electrons.